The van der Waals surface area contributed by atoms with Crippen LogP contribution in [0, 0.1) is 34.5 Å². The number of urea groups is 1. The van der Waals surface area contributed by atoms with Crippen LogP contribution in [0.25, 0.3) is 0 Å². The molecule has 4 rings (SSSR count). The number of hydrazone groups is 1. The van der Waals surface area contributed by atoms with E-state index in [9.17, 15) is 9.90 Å². The maximum Gasteiger partial charge on any atom is 0.332 e. The van der Waals surface area contributed by atoms with Crippen molar-refractivity contribution in [1.82, 2.24) is 5.43 Å². The number of primary amides is 1. The van der Waals surface area contributed by atoms with Crippen molar-refractivity contribution >= 4 is 11.7 Å². The number of aliphatic hydroxyl groups excluding tert-OH is 1. The Labute approximate surface area is 150 Å². The molecular weight excluding hydrogens is 314 g/mol. The maximum atomic E-state index is 11.1. The van der Waals surface area contributed by atoms with Gasteiger partial charge in [-0.2, -0.15) is 5.10 Å². The second kappa shape index (κ2) is 5.97. The van der Waals surface area contributed by atoms with Gasteiger partial charge in [0.1, 0.15) is 0 Å². The Morgan fingerprint density at radius 2 is 1.96 bits per heavy atom. The predicted molar refractivity (Wildman–Crippen MR) is 97.9 cm³/mol. The first-order chi connectivity index (χ1) is 11.8. The first kappa shape index (κ1) is 17.3. The van der Waals surface area contributed by atoms with Crippen LogP contribution in [0.4, 0.5) is 4.79 Å². The van der Waals surface area contributed by atoms with Gasteiger partial charge in [-0.25, -0.2) is 10.2 Å². The van der Waals surface area contributed by atoms with Crippen molar-refractivity contribution in [3.63, 3.8) is 0 Å². The molecule has 4 saturated carbocycles. The van der Waals surface area contributed by atoms with Gasteiger partial charge in [-0.15, -0.1) is 0 Å². The van der Waals surface area contributed by atoms with Gasteiger partial charge in [0.05, 0.1) is 6.10 Å². The van der Waals surface area contributed by atoms with Gasteiger partial charge in [0.15, 0.2) is 0 Å². The SMILES string of the molecule is C[C@]12CC[C@H](O)C[C@@H]1CC[C@@H]1[C@H]3CC/C(=N/NC(N)=O)[C@@]3(C)CC[C@@H]12. The van der Waals surface area contributed by atoms with Gasteiger partial charge in [-0.1, -0.05) is 13.8 Å². The van der Waals surface area contributed by atoms with Crippen LogP contribution in [0.1, 0.15) is 71.6 Å². The summed E-state index contributed by atoms with van der Waals surface area (Å²) in [7, 11) is 0. The zero-order valence-electron chi connectivity index (χ0n) is 15.6. The molecular formula is C20H33N3O2. The van der Waals surface area contributed by atoms with Crippen molar-refractivity contribution in [2.45, 2.75) is 77.7 Å². The lowest BCUT2D eigenvalue weighted by Gasteiger charge is -2.60. The normalized spacial score (nSPS) is 50.7. The minimum Gasteiger partial charge on any atom is -0.393 e. The largest absolute Gasteiger partial charge is 0.393 e. The molecule has 7 atom stereocenters. The van der Waals surface area contributed by atoms with Crippen molar-refractivity contribution in [2.75, 3.05) is 0 Å². The third kappa shape index (κ3) is 2.61. The lowest BCUT2D eigenvalue weighted by molar-refractivity contribution is -0.113. The molecule has 2 amide bonds. The molecule has 0 aromatic heterocycles. The monoisotopic (exact) mass is 347 g/mol. The summed E-state index contributed by atoms with van der Waals surface area (Å²) in [5, 5.41) is 14.5. The van der Waals surface area contributed by atoms with Crippen LogP contribution < -0.4 is 11.2 Å². The van der Waals surface area contributed by atoms with E-state index in [4.69, 9.17) is 5.73 Å². The Bertz CT molecular complexity index is 591. The van der Waals surface area contributed by atoms with Crippen LogP contribution in [0.2, 0.25) is 0 Å². The molecule has 4 fully saturated rings. The van der Waals surface area contributed by atoms with Gasteiger partial charge >= 0.3 is 6.03 Å². The average Bonchev–Trinajstić information content (AvgIpc) is 2.90. The zero-order chi connectivity index (χ0) is 17.8. The number of fused-ring (bicyclic) bond motifs is 5. The molecule has 4 aliphatic rings. The molecule has 0 aromatic rings. The van der Waals surface area contributed by atoms with E-state index in [0.717, 1.165) is 36.8 Å². The minimum atomic E-state index is -0.568. The van der Waals surface area contributed by atoms with Crippen molar-refractivity contribution in [3.05, 3.63) is 0 Å². The Morgan fingerprint density at radius 3 is 2.72 bits per heavy atom. The van der Waals surface area contributed by atoms with Crippen LogP contribution in [0.3, 0.4) is 0 Å². The third-order valence-electron chi connectivity index (χ3n) is 8.68. The lowest BCUT2D eigenvalue weighted by atomic mass is 9.45. The minimum absolute atomic E-state index is 0.0754. The summed E-state index contributed by atoms with van der Waals surface area (Å²) < 4.78 is 0. The number of aliphatic hydroxyl groups is 1. The van der Waals surface area contributed by atoms with E-state index in [1.165, 1.54) is 38.5 Å². The number of nitrogens with two attached hydrogens (primary N) is 1. The molecule has 5 nitrogen and oxygen atoms in total. The number of carbonyl (C=O) groups excluding carboxylic acids is 1. The second-order valence-electron chi connectivity index (χ2n) is 9.61. The fourth-order valence-electron chi connectivity index (χ4n) is 7.33. The molecule has 0 unspecified atom stereocenters. The topological polar surface area (TPSA) is 87.7 Å². The van der Waals surface area contributed by atoms with Crippen LogP contribution in [0.15, 0.2) is 5.10 Å². The van der Waals surface area contributed by atoms with Crippen LogP contribution in [0.5, 0.6) is 0 Å². The van der Waals surface area contributed by atoms with Crippen molar-refractivity contribution in [3.8, 4) is 0 Å². The van der Waals surface area contributed by atoms with Gasteiger partial charge in [0.2, 0.25) is 0 Å². The zero-order valence-corrected chi connectivity index (χ0v) is 15.6. The highest BCUT2D eigenvalue weighted by atomic mass is 16.3. The summed E-state index contributed by atoms with van der Waals surface area (Å²) in [6.45, 7) is 4.88. The van der Waals surface area contributed by atoms with Crippen LogP contribution in [-0.4, -0.2) is 23.0 Å². The Hall–Kier alpha value is -1.10. The molecule has 140 valence electrons. The highest BCUT2D eigenvalue weighted by Gasteiger charge is 2.59. The van der Waals surface area contributed by atoms with E-state index in [0.29, 0.717) is 17.3 Å². The maximum absolute atomic E-state index is 11.1. The predicted octanol–water partition coefficient (Wildman–Crippen LogP) is 3.41. The van der Waals surface area contributed by atoms with E-state index in [1.54, 1.807) is 0 Å². The molecule has 25 heavy (non-hydrogen) atoms. The molecule has 0 saturated heterocycles. The molecule has 0 spiro atoms. The van der Waals surface area contributed by atoms with Gasteiger partial charge in [-0.3, -0.25) is 0 Å². The first-order valence-electron chi connectivity index (χ1n) is 10.1. The summed E-state index contributed by atoms with van der Waals surface area (Å²) in [6.07, 6.45) is 10.3. The molecule has 4 aliphatic carbocycles. The van der Waals surface area contributed by atoms with E-state index in [2.05, 4.69) is 24.4 Å². The number of rotatable bonds is 1. The number of nitrogens with zero attached hydrogens (tertiary/aromatic N) is 1. The standard InChI is InChI=1S/C20H33N3O2/c1-19-9-7-13(24)11-12(19)3-4-14-15-5-6-17(22-23-18(21)25)20(15,2)10-8-16(14)19/h12-16,24H,3-11H2,1-2H3,(H3,21,23,25)/b22-17-/t12-,13-,14+,15+,16-,19-,20-/m0/s1. The van der Waals surface area contributed by atoms with Crippen molar-refractivity contribution in [2.24, 2.45) is 45.3 Å². The van der Waals surface area contributed by atoms with Gasteiger partial charge in [0, 0.05) is 11.1 Å². The molecule has 0 aliphatic heterocycles. The number of hydrogen-bond acceptors (Lipinski definition) is 3. The number of hydrogen-bond donors (Lipinski definition) is 3. The lowest BCUT2D eigenvalue weighted by Crippen LogP contribution is -2.54. The smallest absolute Gasteiger partial charge is 0.332 e. The van der Waals surface area contributed by atoms with Crippen LogP contribution in [-0.2, 0) is 0 Å². The summed E-state index contributed by atoms with van der Waals surface area (Å²) in [5.41, 5.74) is 9.38. The highest BCUT2D eigenvalue weighted by Crippen LogP contribution is 2.65. The summed E-state index contributed by atoms with van der Waals surface area (Å²) >= 11 is 0. The molecule has 0 aromatic carbocycles. The Balaban J connectivity index is 1.58. The Morgan fingerprint density at radius 1 is 1.16 bits per heavy atom. The fraction of sp³-hybridized carbons (Fsp3) is 0.900. The van der Waals surface area contributed by atoms with E-state index in [1.807, 2.05) is 0 Å². The number of carbonyl (C=O) groups is 1. The van der Waals surface area contributed by atoms with Gasteiger partial charge < -0.3 is 10.8 Å². The van der Waals surface area contributed by atoms with E-state index >= 15 is 0 Å². The Kier molecular flexibility index (Phi) is 4.13. The number of amides is 2. The van der Waals surface area contributed by atoms with E-state index in [-0.39, 0.29) is 11.5 Å². The first-order valence-corrected chi connectivity index (χ1v) is 10.1. The molecule has 0 bridgehead atoms. The second-order valence-corrected chi connectivity index (χ2v) is 9.61. The van der Waals surface area contributed by atoms with Crippen molar-refractivity contribution < 1.29 is 9.90 Å². The van der Waals surface area contributed by atoms with Crippen LogP contribution >= 0.6 is 0 Å². The van der Waals surface area contributed by atoms with E-state index < -0.39 is 6.03 Å². The van der Waals surface area contributed by atoms with Gasteiger partial charge in [0.25, 0.3) is 0 Å². The molecule has 4 N–H and O–H groups in total. The molecule has 5 heteroatoms. The summed E-state index contributed by atoms with van der Waals surface area (Å²) in [6, 6.07) is -0.568. The average molecular weight is 348 g/mol. The van der Waals surface area contributed by atoms with Gasteiger partial charge in [-0.05, 0) is 86.9 Å². The fourth-order valence-corrected chi connectivity index (χ4v) is 7.33. The summed E-state index contributed by atoms with van der Waals surface area (Å²) in [5.74, 6) is 2.95. The summed E-state index contributed by atoms with van der Waals surface area (Å²) in [4.78, 5) is 11.1. The third-order valence-corrected chi connectivity index (χ3v) is 8.68. The van der Waals surface area contributed by atoms with Crippen molar-refractivity contribution in [1.29, 1.82) is 0 Å². The molecule has 0 heterocycles. The number of nitrogens with one attached hydrogen (secondary N) is 1. The quantitative estimate of drug-likeness (QED) is 0.635. The highest BCUT2D eigenvalue weighted by molar-refractivity contribution is 5.93. The molecule has 0 radical (unpaired) electrons.